The van der Waals surface area contributed by atoms with Crippen LogP contribution >= 0.6 is 0 Å². The summed E-state index contributed by atoms with van der Waals surface area (Å²) in [4.78, 5) is 0. The van der Waals surface area contributed by atoms with Gasteiger partial charge in [0.1, 0.15) is 0 Å². The van der Waals surface area contributed by atoms with E-state index in [1.807, 2.05) is 13.8 Å². The minimum Gasteiger partial charge on any atom is -0.393 e. The lowest BCUT2D eigenvalue weighted by Crippen LogP contribution is -2.09. The summed E-state index contributed by atoms with van der Waals surface area (Å²) in [6.45, 7) is 6.29. The van der Waals surface area contributed by atoms with E-state index in [0.29, 0.717) is 5.92 Å². The monoisotopic (exact) mass is 170 g/mol. The maximum atomic E-state index is 9.37. The average Bonchev–Trinajstić information content (AvgIpc) is 2.05. The molecule has 0 radical (unpaired) electrons. The van der Waals surface area contributed by atoms with E-state index in [4.69, 9.17) is 0 Å². The molecule has 0 amide bonds. The van der Waals surface area contributed by atoms with Gasteiger partial charge in [-0.1, -0.05) is 26.0 Å². The number of aliphatic hydroxyl groups excluding tert-OH is 1. The molecule has 0 aromatic carbocycles. The van der Waals surface area contributed by atoms with Gasteiger partial charge in [-0.2, -0.15) is 0 Å². The van der Waals surface area contributed by atoms with Crippen LogP contribution in [-0.2, 0) is 0 Å². The summed E-state index contributed by atoms with van der Waals surface area (Å²) >= 11 is 0. The molecule has 0 aliphatic heterocycles. The molecular weight excluding hydrogens is 148 g/mol. The van der Waals surface area contributed by atoms with E-state index in [0.717, 1.165) is 19.3 Å². The molecule has 0 aliphatic rings. The Kier molecular flexibility index (Phi) is 7.17. The van der Waals surface area contributed by atoms with Gasteiger partial charge in [0.2, 0.25) is 0 Å². The number of hydrogen-bond acceptors (Lipinski definition) is 1. The van der Waals surface area contributed by atoms with E-state index < -0.39 is 0 Å². The summed E-state index contributed by atoms with van der Waals surface area (Å²) in [5.41, 5.74) is 0. The molecule has 2 atom stereocenters. The molecule has 0 heterocycles. The van der Waals surface area contributed by atoms with Crippen LogP contribution in [0.5, 0.6) is 0 Å². The summed E-state index contributed by atoms with van der Waals surface area (Å²) < 4.78 is 0. The van der Waals surface area contributed by atoms with Gasteiger partial charge in [-0.25, -0.2) is 0 Å². The first-order chi connectivity index (χ1) is 5.70. The Bertz CT molecular complexity index is 118. The second-order valence-corrected chi connectivity index (χ2v) is 3.55. The number of hydrogen-bond donors (Lipinski definition) is 1. The molecule has 0 saturated carbocycles. The number of allylic oxidation sites excluding steroid dienone is 2. The normalized spacial score (nSPS) is 16.7. The second-order valence-electron chi connectivity index (χ2n) is 3.55. The fourth-order valence-corrected chi connectivity index (χ4v) is 1.30. The van der Waals surface area contributed by atoms with Crippen LogP contribution in [0.15, 0.2) is 12.2 Å². The quantitative estimate of drug-likeness (QED) is 0.607. The summed E-state index contributed by atoms with van der Waals surface area (Å²) in [6, 6.07) is 0. The Morgan fingerprint density at radius 1 is 1.42 bits per heavy atom. The van der Waals surface area contributed by atoms with Gasteiger partial charge >= 0.3 is 0 Å². The van der Waals surface area contributed by atoms with Gasteiger partial charge in [-0.3, -0.25) is 0 Å². The van der Waals surface area contributed by atoms with E-state index in [2.05, 4.69) is 19.1 Å². The molecule has 0 bridgehead atoms. The average molecular weight is 170 g/mol. The van der Waals surface area contributed by atoms with Gasteiger partial charge in [0.15, 0.2) is 0 Å². The molecule has 0 aromatic heterocycles. The van der Waals surface area contributed by atoms with E-state index in [9.17, 15) is 5.11 Å². The molecule has 2 unspecified atom stereocenters. The molecule has 1 heteroatoms. The van der Waals surface area contributed by atoms with Crippen LogP contribution in [-0.4, -0.2) is 11.2 Å². The third-order valence-corrected chi connectivity index (χ3v) is 2.21. The minimum atomic E-state index is -0.0920. The molecule has 1 nitrogen and oxygen atoms in total. The summed E-state index contributed by atoms with van der Waals surface area (Å²) in [5.74, 6) is 0.649. The minimum absolute atomic E-state index is 0.0920. The van der Waals surface area contributed by atoms with Crippen LogP contribution < -0.4 is 0 Å². The first kappa shape index (κ1) is 11.7. The van der Waals surface area contributed by atoms with Crippen molar-refractivity contribution in [1.82, 2.24) is 0 Å². The summed E-state index contributed by atoms with van der Waals surface area (Å²) in [6.07, 6.45) is 8.36. The maximum Gasteiger partial charge on any atom is 0.0540 e. The highest BCUT2D eigenvalue weighted by Gasteiger charge is 2.06. The highest BCUT2D eigenvalue weighted by atomic mass is 16.3. The fourth-order valence-electron chi connectivity index (χ4n) is 1.30. The van der Waals surface area contributed by atoms with Crippen LogP contribution in [0.1, 0.15) is 46.5 Å². The molecule has 1 N–H and O–H groups in total. The molecule has 0 rings (SSSR count). The van der Waals surface area contributed by atoms with Crippen LogP contribution in [0.4, 0.5) is 0 Å². The lowest BCUT2D eigenvalue weighted by molar-refractivity contribution is 0.139. The van der Waals surface area contributed by atoms with Crippen LogP contribution in [0.2, 0.25) is 0 Å². The van der Waals surface area contributed by atoms with Crippen molar-refractivity contribution in [2.45, 2.75) is 52.6 Å². The second kappa shape index (κ2) is 7.35. The lowest BCUT2D eigenvalue weighted by Gasteiger charge is -2.13. The Morgan fingerprint density at radius 3 is 2.58 bits per heavy atom. The van der Waals surface area contributed by atoms with Gasteiger partial charge in [0, 0.05) is 0 Å². The van der Waals surface area contributed by atoms with Crippen molar-refractivity contribution >= 4 is 0 Å². The zero-order chi connectivity index (χ0) is 9.40. The van der Waals surface area contributed by atoms with Crippen molar-refractivity contribution in [3.05, 3.63) is 12.2 Å². The Hall–Kier alpha value is -0.300. The van der Waals surface area contributed by atoms with Crippen molar-refractivity contribution in [2.75, 3.05) is 0 Å². The fraction of sp³-hybridized carbons (Fsp3) is 0.818. The Balaban J connectivity index is 3.38. The van der Waals surface area contributed by atoms with Gasteiger partial charge in [-0.15, -0.1) is 0 Å². The van der Waals surface area contributed by atoms with E-state index in [-0.39, 0.29) is 6.10 Å². The van der Waals surface area contributed by atoms with Gasteiger partial charge in [-0.05, 0) is 38.5 Å². The number of rotatable bonds is 6. The van der Waals surface area contributed by atoms with Crippen molar-refractivity contribution < 1.29 is 5.11 Å². The molecule has 0 aromatic rings. The van der Waals surface area contributed by atoms with Crippen LogP contribution in [0.3, 0.4) is 0 Å². The van der Waals surface area contributed by atoms with Crippen molar-refractivity contribution in [3.8, 4) is 0 Å². The highest BCUT2D eigenvalue weighted by Crippen LogP contribution is 2.14. The molecule has 0 saturated heterocycles. The zero-order valence-corrected chi connectivity index (χ0v) is 8.59. The first-order valence-electron chi connectivity index (χ1n) is 4.99. The largest absolute Gasteiger partial charge is 0.393 e. The van der Waals surface area contributed by atoms with Gasteiger partial charge in [0.25, 0.3) is 0 Å². The SMILES string of the molecule is CC=CCCC(C)CC(O)CC. The van der Waals surface area contributed by atoms with E-state index in [1.165, 1.54) is 6.42 Å². The van der Waals surface area contributed by atoms with Crippen molar-refractivity contribution in [2.24, 2.45) is 5.92 Å². The molecule has 0 aliphatic carbocycles. The first-order valence-corrected chi connectivity index (χ1v) is 4.99. The van der Waals surface area contributed by atoms with Crippen LogP contribution in [0.25, 0.3) is 0 Å². The topological polar surface area (TPSA) is 20.2 Å². The highest BCUT2D eigenvalue weighted by molar-refractivity contribution is 4.77. The molecule has 0 spiro atoms. The van der Waals surface area contributed by atoms with Gasteiger partial charge in [0.05, 0.1) is 6.10 Å². The zero-order valence-electron chi connectivity index (χ0n) is 8.59. The summed E-state index contributed by atoms with van der Waals surface area (Å²) in [7, 11) is 0. The smallest absolute Gasteiger partial charge is 0.0540 e. The van der Waals surface area contributed by atoms with Gasteiger partial charge < -0.3 is 5.11 Å². The van der Waals surface area contributed by atoms with Crippen molar-refractivity contribution in [3.63, 3.8) is 0 Å². The molecule has 72 valence electrons. The van der Waals surface area contributed by atoms with E-state index in [1.54, 1.807) is 0 Å². The maximum absolute atomic E-state index is 9.37. The molecule has 0 fully saturated rings. The molecule has 12 heavy (non-hydrogen) atoms. The van der Waals surface area contributed by atoms with E-state index >= 15 is 0 Å². The van der Waals surface area contributed by atoms with Crippen molar-refractivity contribution in [1.29, 1.82) is 0 Å². The Morgan fingerprint density at radius 2 is 2.08 bits per heavy atom. The van der Waals surface area contributed by atoms with Crippen LogP contribution in [0, 0.1) is 5.92 Å². The lowest BCUT2D eigenvalue weighted by atomic mass is 9.97. The third-order valence-electron chi connectivity index (χ3n) is 2.21. The predicted molar refractivity (Wildman–Crippen MR) is 54.1 cm³/mol. The Labute approximate surface area is 76.5 Å². The molecular formula is C11H22O. The number of aliphatic hydroxyl groups is 1. The third kappa shape index (κ3) is 6.41. The standard InChI is InChI=1S/C11H22O/c1-4-6-7-8-10(3)9-11(12)5-2/h4,6,10-12H,5,7-9H2,1-3H3. The predicted octanol–water partition coefficient (Wildman–Crippen LogP) is 3.14. The summed E-state index contributed by atoms with van der Waals surface area (Å²) in [5, 5.41) is 9.37.